The zero-order chi connectivity index (χ0) is 14.8. The molecule has 2 rings (SSSR count). The first-order valence-corrected chi connectivity index (χ1v) is 8.25. The molecule has 1 saturated carbocycles. The van der Waals surface area contributed by atoms with E-state index in [1.54, 1.807) is 0 Å². The molecule has 2 N–H and O–H groups in total. The molecule has 0 bridgehead atoms. The topological polar surface area (TPSA) is 26.0 Å². The third-order valence-corrected chi connectivity index (χ3v) is 5.05. The molecule has 1 aliphatic carbocycles. The zero-order valence-corrected chi connectivity index (χ0v) is 13.7. The molecule has 1 fully saturated rings. The van der Waals surface area contributed by atoms with Gasteiger partial charge in [-0.15, -0.1) is 0 Å². The van der Waals surface area contributed by atoms with Gasteiger partial charge in [0.1, 0.15) is 0 Å². The van der Waals surface area contributed by atoms with Crippen LogP contribution in [0.1, 0.15) is 64.5 Å². The fraction of sp³-hybridized carbons (Fsp3) is 0.684. The van der Waals surface area contributed by atoms with Gasteiger partial charge in [-0.25, -0.2) is 0 Å². The van der Waals surface area contributed by atoms with Crippen LogP contribution in [0.4, 0.5) is 0 Å². The number of benzene rings is 1. The zero-order valence-electron chi connectivity index (χ0n) is 13.7. The normalized spacial score (nSPS) is 27.6. The molecule has 0 aliphatic heterocycles. The number of nitrogens with two attached hydrogens (primary N) is 1. The van der Waals surface area contributed by atoms with Crippen LogP contribution in [0.25, 0.3) is 0 Å². The summed E-state index contributed by atoms with van der Waals surface area (Å²) >= 11 is 0. The largest absolute Gasteiger partial charge is 0.327 e. The van der Waals surface area contributed by atoms with E-state index in [1.165, 1.54) is 36.8 Å². The molecule has 3 atom stereocenters. The fourth-order valence-electron chi connectivity index (χ4n) is 3.43. The monoisotopic (exact) mass is 273 g/mol. The molecule has 0 aromatic heterocycles. The first-order chi connectivity index (χ1) is 9.40. The lowest BCUT2D eigenvalue weighted by Crippen LogP contribution is -2.37. The van der Waals surface area contributed by atoms with Gasteiger partial charge in [-0.2, -0.15) is 0 Å². The van der Waals surface area contributed by atoms with E-state index in [-0.39, 0.29) is 5.41 Å². The van der Waals surface area contributed by atoms with Gasteiger partial charge in [0.2, 0.25) is 0 Å². The van der Waals surface area contributed by atoms with Gasteiger partial charge in [-0.05, 0) is 54.1 Å². The van der Waals surface area contributed by atoms with Crippen LogP contribution in [0.5, 0.6) is 0 Å². The molecule has 1 aromatic rings. The lowest BCUT2D eigenvalue weighted by Gasteiger charge is -2.34. The quantitative estimate of drug-likeness (QED) is 0.850. The van der Waals surface area contributed by atoms with E-state index in [1.807, 2.05) is 0 Å². The minimum Gasteiger partial charge on any atom is -0.327 e. The van der Waals surface area contributed by atoms with Crippen LogP contribution in [0, 0.1) is 11.8 Å². The van der Waals surface area contributed by atoms with E-state index < -0.39 is 0 Å². The molecule has 1 nitrogen and oxygen atoms in total. The minimum atomic E-state index is 0.243. The fourth-order valence-corrected chi connectivity index (χ4v) is 3.43. The predicted octanol–water partition coefficient (Wildman–Crippen LogP) is 4.68. The highest BCUT2D eigenvalue weighted by Gasteiger charge is 2.27. The summed E-state index contributed by atoms with van der Waals surface area (Å²) in [5.41, 5.74) is 9.46. The molecule has 20 heavy (non-hydrogen) atoms. The summed E-state index contributed by atoms with van der Waals surface area (Å²) in [6.07, 6.45) is 6.33. The van der Waals surface area contributed by atoms with E-state index >= 15 is 0 Å². The summed E-state index contributed by atoms with van der Waals surface area (Å²) < 4.78 is 0. The Morgan fingerprint density at radius 3 is 2.30 bits per heavy atom. The third-order valence-electron chi connectivity index (χ3n) is 5.05. The average molecular weight is 273 g/mol. The van der Waals surface area contributed by atoms with Crippen LogP contribution >= 0.6 is 0 Å². The molecule has 1 aromatic carbocycles. The number of rotatable bonds is 3. The van der Waals surface area contributed by atoms with Gasteiger partial charge in [0.25, 0.3) is 0 Å². The number of hydrogen-bond donors (Lipinski definition) is 1. The second kappa shape index (κ2) is 6.30. The van der Waals surface area contributed by atoms with Gasteiger partial charge in [-0.3, -0.25) is 0 Å². The molecule has 0 amide bonds. The molecule has 0 saturated heterocycles. The Hall–Kier alpha value is -0.820. The van der Waals surface area contributed by atoms with Crippen LogP contribution in [0.2, 0.25) is 0 Å². The Labute approximate surface area is 125 Å². The predicted molar refractivity (Wildman–Crippen MR) is 87.9 cm³/mol. The van der Waals surface area contributed by atoms with Crippen LogP contribution in [-0.4, -0.2) is 6.04 Å². The molecule has 112 valence electrons. The van der Waals surface area contributed by atoms with Crippen molar-refractivity contribution < 1.29 is 0 Å². The van der Waals surface area contributed by atoms with Gasteiger partial charge in [0.05, 0.1) is 0 Å². The van der Waals surface area contributed by atoms with Gasteiger partial charge < -0.3 is 5.73 Å². The van der Waals surface area contributed by atoms with Crippen LogP contribution in [-0.2, 0) is 11.8 Å². The van der Waals surface area contributed by atoms with E-state index in [0.29, 0.717) is 12.0 Å². The first kappa shape index (κ1) is 15.6. The van der Waals surface area contributed by atoms with Crippen molar-refractivity contribution in [3.05, 3.63) is 35.4 Å². The third kappa shape index (κ3) is 3.85. The maximum absolute atomic E-state index is 6.34. The summed E-state index contributed by atoms with van der Waals surface area (Å²) in [6, 6.07) is 9.60. The van der Waals surface area contributed by atoms with Crippen LogP contribution in [0.15, 0.2) is 24.3 Å². The van der Waals surface area contributed by atoms with E-state index in [2.05, 4.69) is 52.0 Å². The summed E-state index contributed by atoms with van der Waals surface area (Å²) in [5, 5.41) is 0. The molecule has 0 spiro atoms. The Morgan fingerprint density at radius 2 is 1.75 bits per heavy atom. The van der Waals surface area contributed by atoms with Crippen molar-refractivity contribution in [1.29, 1.82) is 0 Å². The Kier molecular flexibility index (Phi) is 4.90. The molecule has 3 unspecified atom stereocenters. The van der Waals surface area contributed by atoms with Gasteiger partial charge in [0, 0.05) is 6.04 Å². The maximum atomic E-state index is 6.34. The summed E-state index contributed by atoms with van der Waals surface area (Å²) in [7, 11) is 0. The summed E-state index contributed by atoms with van der Waals surface area (Å²) in [4.78, 5) is 0. The van der Waals surface area contributed by atoms with Gasteiger partial charge in [-0.1, -0.05) is 58.4 Å². The van der Waals surface area contributed by atoms with Crippen LogP contribution < -0.4 is 5.73 Å². The van der Waals surface area contributed by atoms with Crippen molar-refractivity contribution in [2.24, 2.45) is 17.6 Å². The van der Waals surface area contributed by atoms with E-state index in [0.717, 1.165) is 12.3 Å². The van der Waals surface area contributed by atoms with Crippen molar-refractivity contribution >= 4 is 0 Å². The Balaban J connectivity index is 2.02. The highest BCUT2D eigenvalue weighted by Crippen LogP contribution is 2.32. The number of hydrogen-bond acceptors (Lipinski definition) is 1. The SMILES string of the molecule is CCC1CCC(N)C(Cc2ccc(C(C)(C)C)cc2)C1. The molecule has 0 radical (unpaired) electrons. The average Bonchev–Trinajstić information content (AvgIpc) is 2.41. The Morgan fingerprint density at radius 1 is 1.10 bits per heavy atom. The lowest BCUT2D eigenvalue weighted by molar-refractivity contribution is 0.227. The smallest absolute Gasteiger partial charge is 0.00705 e. The van der Waals surface area contributed by atoms with Crippen molar-refractivity contribution in [1.82, 2.24) is 0 Å². The summed E-state index contributed by atoms with van der Waals surface area (Å²) in [6.45, 7) is 9.12. The Bertz CT molecular complexity index is 412. The molecular weight excluding hydrogens is 242 g/mol. The van der Waals surface area contributed by atoms with Crippen molar-refractivity contribution in [2.45, 2.75) is 71.3 Å². The van der Waals surface area contributed by atoms with E-state index in [9.17, 15) is 0 Å². The molecular formula is C19H31N. The summed E-state index contributed by atoms with van der Waals surface area (Å²) in [5.74, 6) is 1.57. The molecule has 1 aliphatic rings. The van der Waals surface area contributed by atoms with Crippen molar-refractivity contribution in [3.63, 3.8) is 0 Å². The standard InChI is InChI=1S/C19H31N/c1-5-14-8-11-18(20)16(12-14)13-15-6-9-17(10-7-15)19(2,3)4/h6-7,9-10,14,16,18H,5,8,11-13,20H2,1-4H3. The van der Waals surface area contributed by atoms with Crippen molar-refractivity contribution in [3.8, 4) is 0 Å². The van der Waals surface area contributed by atoms with Gasteiger partial charge >= 0.3 is 0 Å². The molecule has 0 heterocycles. The first-order valence-electron chi connectivity index (χ1n) is 8.25. The van der Waals surface area contributed by atoms with Gasteiger partial charge in [0.15, 0.2) is 0 Å². The minimum absolute atomic E-state index is 0.243. The van der Waals surface area contributed by atoms with Crippen LogP contribution in [0.3, 0.4) is 0 Å². The van der Waals surface area contributed by atoms with E-state index in [4.69, 9.17) is 5.73 Å². The second-order valence-corrected chi connectivity index (χ2v) is 7.66. The highest BCUT2D eigenvalue weighted by molar-refractivity contribution is 5.27. The second-order valence-electron chi connectivity index (χ2n) is 7.66. The lowest BCUT2D eigenvalue weighted by atomic mass is 9.74. The highest BCUT2D eigenvalue weighted by atomic mass is 14.7. The van der Waals surface area contributed by atoms with Crippen molar-refractivity contribution in [2.75, 3.05) is 0 Å². The maximum Gasteiger partial charge on any atom is 0.00705 e. The molecule has 1 heteroatoms.